The number of benzene rings is 2. The first-order valence-electron chi connectivity index (χ1n) is 7.04. The monoisotopic (exact) mass is 327 g/mol. The van der Waals surface area contributed by atoms with Crippen LogP contribution in [0.1, 0.15) is 18.5 Å². The highest BCUT2D eigenvalue weighted by molar-refractivity contribution is 6.33. The molecule has 0 saturated carbocycles. The van der Waals surface area contributed by atoms with Crippen molar-refractivity contribution in [3.05, 3.63) is 59.1 Å². The van der Waals surface area contributed by atoms with Crippen LogP contribution in [0.3, 0.4) is 0 Å². The van der Waals surface area contributed by atoms with Crippen molar-refractivity contribution < 1.29 is 4.79 Å². The third-order valence-corrected chi connectivity index (χ3v) is 3.75. The van der Waals surface area contributed by atoms with E-state index in [-0.39, 0.29) is 5.91 Å². The maximum Gasteiger partial charge on any atom is 0.264 e. The second-order valence-electron chi connectivity index (χ2n) is 4.95. The summed E-state index contributed by atoms with van der Waals surface area (Å²) in [5.41, 5.74) is 4.76. The summed E-state index contributed by atoms with van der Waals surface area (Å²) in [6.07, 6.45) is 1.51. The molecule has 116 valence electrons. The second-order valence-corrected chi connectivity index (χ2v) is 5.36. The number of carbonyl (C=O) groups excluding carboxylic acids is 1. The van der Waals surface area contributed by atoms with Gasteiger partial charge in [0.05, 0.1) is 11.7 Å². The Morgan fingerprint density at radius 3 is 2.83 bits per heavy atom. The lowest BCUT2D eigenvalue weighted by atomic mass is 10.2. The maximum atomic E-state index is 12.2. The summed E-state index contributed by atoms with van der Waals surface area (Å²) in [5.74, 6) is -0.288. The van der Waals surface area contributed by atoms with E-state index in [4.69, 9.17) is 11.6 Å². The molecule has 1 atom stereocenters. The van der Waals surface area contributed by atoms with Crippen molar-refractivity contribution in [2.24, 2.45) is 5.10 Å². The molecule has 1 aromatic heterocycles. The van der Waals surface area contributed by atoms with Crippen molar-refractivity contribution in [1.29, 1.82) is 0 Å². The zero-order chi connectivity index (χ0) is 16.2. The number of nitrogens with one attached hydrogen (secondary N) is 1. The highest BCUT2D eigenvalue weighted by Crippen LogP contribution is 2.15. The molecule has 7 heteroatoms. The largest absolute Gasteiger partial charge is 0.271 e. The molecular formula is C16H14ClN5O. The van der Waals surface area contributed by atoms with Gasteiger partial charge in [0, 0.05) is 10.6 Å². The summed E-state index contributed by atoms with van der Waals surface area (Å²) in [6.45, 7) is 1.74. The second kappa shape index (κ2) is 6.58. The van der Waals surface area contributed by atoms with Gasteiger partial charge in [-0.15, -0.1) is 5.10 Å². The highest BCUT2D eigenvalue weighted by atomic mass is 35.5. The van der Waals surface area contributed by atoms with Crippen LogP contribution < -0.4 is 5.43 Å². The molecule has 3 aromatic rings. The molecule has 0 saturated heterocycles. The summed E-state index contributed by atoms with van der Waals surface area (Å²) in [5, 5.41) is 12.6. The van der Waals surface area contributed by atoms with Gasteiger partial charge in [0.25, 0.3) is 5.91 Å². The Hall–Kier alpha value is -2.73. The molecule has 2 aromatic carbocycles. The van der Waals surface area contributed by atoms with Crippen molar-refractivity contribution in [1.82, 2.24) is 20.4 Å². The lowest BCUT2D eigenvalue weighted by Crippen LogP contribution is -2.28. The normalized spacial score (nSPS) is 12.6. The average molecular weight is 328 g/mol. The first-order valence-corrected chi connectivity index (χ1v) is 7.42. The Labute approximate surface area is 137 Å². The van der Waals surface area contributed by atoms with Gasteiger partial charge >= 0.3 is 0 Å². The van der Waals surface area contributed by atoms with Crippen LogP contribution in [0.15, 0.2) is 53.6 Å². The molecule has 1 amide bonds. The van der Waals surface area contributed by atoms with E-state index in [1.54, 1.807) is 17.7 Å². The van der Waals surface area contributed by atoms with E-state index in [0.717, 1.165) is 16.6 Å². The fourth-order valence-electron chi connectivity index (χ4n) is 2.12. The van der Waals surface area contributed by atoms with E-state index in [1.165, 1.54) is 6.21 Å². The summed E-state index contributed by atoms with van der Waals surface area (Å²) in [7, 11) is 0. The molecule has 23 heavy (non-hydrogen) atoms. The molecule has 0 aliphatic heterocycles. The van der Waals surface area contributed by atoms with Gasteiger partial charge in [-0.05, 0) is 25.1 Å². The molecule has 1 N–H and O–H groups in total. The van der Waals surface area contributed by atoms with Crippen LogP contribution in [-0.2, 0) is 4.79 Å². The van der Waals surface area contributed by atoms with Crippen molar-refractivity contribution in [3.63, 3.8) is 0 Å². The quantitative estimate of drug-likeness (QED) is 0.591. The minimum Gasteiger partial charge on any atom is -0.271 e. The lowest BCUT2D eigenvalue weighted by molar-refractivity contribution is -0.124. The Balaban J connectivity index is 1.72. The minimum atomic E-state index is -0.536. The number of hydrazone groups is 1. The number of fused-ring (bicyclic) bond motifs is 1. The zero-order valence-corrected chi connectivity index (χ0v) is 13.1. The third kappa shape index (κ3) is 3.22. The number of aromatic nitrogens is 3. The van der Waals surface area contributed by atoms with E-state index < -0.39 is 6.04 Å². The third-order valence-electron chi connectivity index (χ3n) is 3.41. The first-order chi connectivity index (χ1) is 11.2. The maximum absolute atomic E-state index is 12.2. The molecule has 0 bridgehead atoms. The summed E-state index contributed by atoms with van der Waals surface area (Å²) in [4.78, 5) is 12.2. The number of carbonyl (C=O) groups is 1. The number of amides is 1. The average Bonchev–Trinajstić information content (AvgIpc) is 3.00. The molecule has 1 heterocycles. The zero-order valence-electron chi connectivity index (χ0n) is 12.3. The van der Waals surface area contributed by atoms with Crippen LogP contribution in [0.25, 0.3) is 11.0 Å². The minimum absolute atomic E-state index is 0.288. The number of hydrogen-bond acceptors (Lipinski definition) is 4. The first kappa shape index (κ1) is 15.2. The number of halogens is 1. The van der Waals surface area contributed by atoms with Gasteiger partial charge in [-0.2, -0.15) is 5.10 Å². The van der Waals surface area contributed by atoms with Gasteiger partial charge in [-0.1, -0.05) is 47.1 Å². The van der Waals surface area contributed by atoms with Crippen molar-refractivity contribution >= 4 is 34.8 Å². The van der Waals surface area contributed by atoms with Crippen LogP contribution in [0.4, 0.5) is 0 Å². The van der Waals surface area contributed by atoms with Crippen LogP contribution in [0.5, 0.6) is 0 Å². The van der Waals surface area contributed by atoms with E-state index in [2.05, 4.69) is 20.8 Å². The van der Waals surface area contributed by atoms with Crippen molar-refractivity contribution in [2.75, 3.05) is 0 Å². The Kier molecular flexibility index (Phi) is 4.34. The number of hydrogen-bond donors (Lipinski definition) is 1. The molecule has 0 aliphatic rings. The highest BCUT2D eigenvalue weighted by Gasteiger charge is 2.18. The predicted molar refractivity (Wildman–Crippen MR) is 89.4 cm³/mol. The van der Waals surface area contributed by atoms with Gasteiger partial charge in [-0.3, -0.25) is 4.79 Å². The molecule has 1 unspecified atom stereocenters. The van der Waals surface area contributed by atoms with E-state index in [0.29, 0.717) is 5.02 Å². The van der Waals surface area contributed by atoms with Crippen LogP contribution >= 0.6 is 11.6 Å². The lowest BCUT2D eigenvalue weighted by Gasteiger charge is -2.10. The Bertz CT molecular complexity index is 874. The SMILES string of the molecule is CC(C(=O)N/N=C/c1ccccc1Cl)n1nnc2ccccc21. The number of nitrogens with zero attached hydrogens (tertiary/aromatic N) is 4. The van der Waals surface area contributed by atoms with Crippen LogP contribution in [-0.4, -0.2) is 27.1 Å². The molecule has 3 rings (SSSR count). The van der Waals surface area contributed by atoms with Gasteiger partial charge in [0.1, 0.15) is 11.6 Å². The number of para-hydroxylation sites is 1. The Morgan fingerprint density at radius 1 is 1.26 bits per heavy atom. The van der Waals surface area contributed by atoms with Gasteiger partial charge < -0.3 is 0 Å². The predicted octanol–water partition coefficient (Wildman–Crippen LogP) is 2.80. The molecule has 0 spiro atoms. The van der Waals surface area contributed by atoms with Crippen LogP contribution in [0.2, 0.25) is 5.02 Å². The molecule has 0 radical (unpaired) electrons. The van der Waals surface area contributed by atoms with Crippen LogP contribution in [0, 0.1) is 0 Å². The molecule has 6 nitrogen and oxygen atoms in total. The Morgan fingerprint density at radius 2 is 2.00 bits per heavy atom. The van der Waals surface area contributed by atoms with Crippen molar-refractivity contribution in [2.45, 2.75) is 13.0 Å². The molecular weight excluding hydrogens is 314 g/mol. The van der Waals surface area contributed by atoms with E-state index >= 15 is 0 Å². The molecule has 0 fully saturated rings. The van der Waals surface area contributed by atoms with Gasteiger partial charge in [-0.25, -0.2) is 10.1 Å². The smallest absolute Gasteiger partial charge is 0.264 e. The van der Waals surface area contributed by atoms with E-state index in [9.17, 15) is 4.79 Å². The fraction of sp³-hybridized carbons (Fsp3) is 0.125. The fourth-order valence-corrected chi connectivity index (χ4v) is 2.31. The van der Waals surface area contributed by atoms with E-state index in [1.807, 2.05) is 42.5 Å². The summed E-state index contributed by atoms with van der Waals surface area (Å²) in [6, 6.07) is 14.2. The summed E-state index contributed by atoms with van der Waals surface area (Å²) < 4.78 is 1.57. The standard InChI is InChI=1S/C16H14ClN5O/c1-11(22-15-9-5-4-8-14(15)19-21-22)16(23)20-18-10-12-6-2-3-7-13(12)17/h2-11H,1H3,(H,20,23)/b18-10+. The number of rotatable bonds is 4. The van der Waals surface area contributed by atoms with Crippen molar-refractivity contribution in [3.8, 4) is 0 Å². The topological polar surface area (TPSA) is 72.2 Å². The van der Waals surface area contributed by atoms with Gasteiger partial charge in [0.2, 0.25) is 0 Å². The van der Waals surface area contributed by atoms with Gasteiger partial charge in [0.15, 0.2) is 0 Å². The molecule has 0 aliphatic carbocycles. The summed E-state index contributed by atoms with van der Waals surface area (Å²) >= 11 is 6.02.